The molecule has 0 aromatic carbocycles. The largest absolute Gasteiger partial charge is 0.469 e. The molecular formula is C38H56N6O7S. The van der Waals surface area contributed by atoms with Crippen molar-refractivity contribution in [1.82, 2.24) is 30.1 Å². The third-order valence-electron chi connectivity index (χ3n) is 10.3. The number of esters is 2. The quantitative estimate of drug-likeness (QED) is 0.211. The number of nitrogens with one attached hydrogen (secondary N) is 1. The van der Waals surface area contributed by atoms with Gasteiger partial charge in [0, 0.05) is 69.0 Å². The normalized spacial score (nSPS) is 19.2. The fourth-order valence-electron chi connectivity index (χ4n) is 7.17. The van der Waals surface area contributed by atoms with Gasteiger partial charge >= 0.3 is 11.9 Å². The number of carbonyl (C=O) groups excluding carboxylic acids is 5. The number of thiazole rings is 1. The summed E-state index contributed by atoms with van der Waals surface area (Å²) < 4.78 is 10.7. The Labute approximate surface area is 311 Å². The van der Waals surface area contributed by atoms with Crippen molar-refractivity contribution in [2.24, 2.45) is 23.7 Å². The molecule has 0 radical (unpaired) electrons. The average Bonchev–Trinajstić information content (AvgIpc) is 3.83. The third-order valence-corrected chi connectivity index (χ3v) is 11.3. The second kappa shape index (κ2) is 18.8. The van der Waals surface area contributed by atoms with Crippen LogP contribution < -0.4 is 5.32 Å². The van der Waals surface area contributed by atoms with Crippen molar-refractivity contribution < 1.29 is 33.4 Å². The van der Waals surface area contributed by atoms with Crippen molar-refractivity contribution in [2.75, 3.05) is 27.7 Å². The predicted molar refractivity (Wildman–Crippen MR) is 196 cm³/mol. The molecule has 2 aromatic rings. The molecule has 0 bridgehead atoms. The summed E-state index contributed by atoms with van der Waals surface area (Å²) in [6.45, 7) is 9.87. The minimum atomic E-state index is -0.806. The van der Waals surface area contributed by atoms with Gasteiger partial charge in [-0.3, -0.25) is 28.9 Å². The van der Waals surface area contributed by atoms with E-state index >= 15 is 0 Å². The molecule has 4 rings (SSSR count). The van der Waals surface area contributed by atoms with Gasteiger partial charge in [0.1, 0.15) is 16.5 Å². The Morgan fingerprint density at radius 3 is 2.35 bits per heavy atom. The van der Waals surface area contributed by atoms with Crippen LogP contribution in [0.4, 0.5) is 0 Å². The van der Waals surface area contributed by atoms with E-state index in [1.165, 1.54) is 25.4 Å². The van der Waals surface area contributed by atoms with Gasteiger partial charge < -0.3 is 19.7 Å². The van der Waals surface area contributed by atoms with E-state index in [1.54, 1.807) is 36.6 Å². The highest BCUT2D eigenvalue weighted by molar-refractivity contribution is 7.09. The Balaban J connectivity index is 1.49. The van der Waals surface area contributed by atoms with E-state index in [-0.39, 0.29) is 66.0 Å². The van der Waals surface area contributed by atoms with Crippen molar-refractivity contribution in [3.63, 3.8) is 0 Å². The Bertz CT molecular complexity index is 1540. The minimum absolute atomic E-state index is 0.00340. The molecule has 1 N–H and O–H groups in total. The highest BCUT2D eigenvalue weighted by atomic mass is 32.1. The number of Topliss-reactive ketones (excluding diaryl/α,β-unsaturated/α-hetero) is 1. The number of piperidine rings is 1. The first-order valence-corrected chi connectivity index (χ1v) is 19.3. The van der Waals surface area contributed by atoms with E-state index in [1.807, 2.05) is 27.8 Å². The number of aryl methyl sites for hydroxylation is 1. The number of ether oxygens (including phenoxy) is 2. The predicted octanol–water partition coefficient (Wildman–Crippen LogP) is 4.73. The second-order valence-electron chi connectivity index (χ2n) is 15.0. The number of hydrogen-bond acceptors (Lipinski definition) is 12. The zero-order valence-corrected chi connectivity index (χ0v) is 32.7. The summed E-state index contributed by atoms with van der Waals surface area (Å²) in [6, 6.07) is -0.958. The number of methoxy groups -OCH3 is 1. The fraction of sp³-hybridized carbons (Fsp3) is 0.684. The topological polar surface area (TPSA) is 161 Å². The SMILES string of the molecule is COC(=O)[C@@H](C)C[C@H](Cc1ncc(C)cn1)NC(=O)c1csc([C@@H](C[C@H](C(C)C)N(C)C(=O)[C@@H](CC(=O)[C@H]2CCCCN2C)C2CC2)OC(C)=O)n1. The van der Waals surface area contributed by atoms with Gasteiger partial charge in [-0.1, -0.05) is 27.2 Å². The molecule has 2 fully saturated rings. The fourth-order valence-corrected chi connectivity index (χ4v) is 8.01. The summed E-state index contributed by atoms with van der Waals surface area (Å²) in [5, 5.41) is 5.03. The van der Waals surface area contributed by atoms with Crippen LogP contribution in [0.3, 0.4) is 0 Å². The maximum Gasteiger partial charge on any atom is 0.308 e. The van der Waals surface area contributed by atoms with Crippen LogP contribution in [0.2, 0.25) is 0 Å². The first-order chi connectivity index (χ1) is 24.7. The first-order valence-electron chi connectivity index (χ1n) is 18.5. The molecule has 3 heterocycles. The maximum atomic E-state index is 14.1. The summed E-state index contributed by atoms with van der Waals surface area (Å²) in [6.07, 6.45) is 8.50. The number of carbonyl (C=O) groups is 5. The highest BCUT2D eigenvalue weighted by Gasteiger charge is 2.42. The lowest BCUT2D eigenvalue weighted by Gasteiger charge is -2.36. The van der Waals surface area contributed by atoms with Gasteiger partial charge in [0.25, 0.3) is 5.91 Å². The second-order valence-corrected chi connectivity index (χ2v) is 15.9. The molecule has 14 heteroatoms. The molecule has 2 aromatic heterocycles. The van der Waals surface area contributed by atoms with Gasteiger partial charge in [-0.05, 0) is 70.0 Å². The minimum Gasteiger partial charge on any atom is -0.469 e. The summed E-state index contributed by atoms with van der Waals surface area (Å²) in [4.78, 5) is 82.9. The molecular weight excluding hydrogens is 685 g/mol. The molecule has 1 saturated heterocycles. The third kappa shape index (κ3) is 11.4. The molecule has 1 aliphatic heterocycles. The van der Waals surface area contributed by atoms with Crippen LogP contribution in [0.1, 0.15) is 112 Å². The van der Waals surface area contributed by atoms with E-state index < -0.39 is 29.9 Å². The van der Waals surface area contributed by atoms with E-state index in [0.717, 1.165) is 44.2 Å². The molecule has 1 saturated carbocycles. The number of rotatable bonds is 18. The highest BCUT2D eigenvalue weighted by Crippen LogP contribution is 2.41. The van der Waals surface area contributed by atoms with Gasteiger partial charge in [-0.15, -0.1) is 11.3 Å². The number of likely N-dealkylation sites (tertiary alicyclic amines) is 1. The standard InChI is InChI=1S/C38H56N6O7S/c1-22(2)31(44(7)37(48)28(26-12-13-26)17-32(46)30-11-9-10-14-43(30)6)18-33(51-25(5)45)36-42-29(21-52-36)35(47)41-27(15-24(4)38(49)50-8)16-34-39-19-23(3)20-40-34/h19-22,24,26-28,30-31,33H,9-18H2,1-8H3,(H,41,47)/t24-,27+,28-,30+,31+,33+/m0/s1. The van der Waals surface area contributed by atoms with Gasteiger partial charge in [0.05, 0.1) is 19.1 Å². The average molecular weight is 741 g/mol. The molecule has 0 spiro atoms. The number of hydrogen-bond donors (Lipinski definition) is 1. The Morgan fingerprint density at radius 2 is 1.75 bits per heavy atom. The number of amides is 2. The Morgan fingerprint density at radius 1 is 1.06 bits per heavy atom. The molecule has 13 nitrogen and oxygen atoms in total. The van der Waals surface area contributed by atoms with E-state index in [9.17, 15) is 24.0 Å². The Kier molecular flexibility index (Phi) is 14.8. The number of aromatic nitrogens is 3. The van der Waals surface area contributed by atoms with Crippen LogP contribution in [0.15, 0.2) is 17.8 Å². The number of likely N-dealkylation sites (N-methyl/N-ethyl adjacent to an activating group) is 1. The van der Waals surface area contributed by atoms with Gasteiger partial charge in [0.2, 0.25) is 5.91 Å². The van der Waals surface area contributed by atoms with Crippen LogP contribution >= 0.6 is 11.3 Å². The Hall–Kier alpha value is -3.78. The summed E-state index contributed by atoms with van der Waals surface area (Å²) in [5.74, 6) is -1.41. The monoisotopic (exact) mass is 740 g/mol. The van der Waals surface area contributed by atoms with E-state index in [0.29, 0.717) is 23.7 Å². The van der Waals surface area contributed by atoms with Crippen LogP contribution in [-0.4, -0.2) is 100 Å². The van der Waals surface area contributed by atoms with Gasteiger partial charge in [-0.2, -0.15) is 0 Å². The lowest BCUT2D eigenvalue weighted by Crippen LogP contribution is -2.47. The molecule has 0 unspecified atom stereocenters. The zero-order valence-electron chi connectivity index (χ0n) is 31.9. The van der Waals surface area contributed by atoms with Crippen LogP contribution in [0.25, 0.3) is 0 Å². The van der Waals surface area contributed by atoms with Crippen molar-refractivity contribution >= 4 is 40.9 Å². The van der Waals surface area contributed by atoms with Crippen molar-refractivity contribution in [3.05, 3.63) is 39.9 Å². The van der Waals surface area contributed by atoms with Crippen LogP contribution in [0.5, 0.6) is 0 Å². The molecule has 1 aliphatic carbocycles. The number of nitrogens with zero attached hydrogens (tertiary/aromatic N) is 5. The van der Waals surface area contributed by atoms with Crippen LogP contribution in [0, 0.1) is 30.6 Å². The summed E-state index contributed by atoms with van der Waals surface area (Å²) in [7, 11) is 5.09. The van der Waals surface area contributed by atoms with Crippen molar-refractivity contribution in [2.45, 2.75) is 117 Å². The smallest absolute Gasteiger partial charge is 0.308 e. The first kappa shape index (κ1) is 41.0. The molecule has 6 atom stereocenters. The zero-order chi connectivity index (χ0) is 38.1. The summed E-state index contributed by atoms with van der Waals surface area (Å²) in [5.41, 5.74) is 1.05. The lowest BCUT2D eigenvalue weighted by molar-refractivity contribution is -0.149. The van der Waals surface area contributed by atoms with Crippen molar-refractivity contribution in [1.29, 1.82) is 0 Å². The summed E-state index contributed by atoms with van der Waals surface area (Å²) >= 11 is 1.20. The number of ketones is 1. The molecule has 286 valence electrons. The van der Waals surface area contributed by atoms with E-state index in [2.05, 4.69) is 25.2 Å². The molecule has 2 amide bonds. The van der Waals surface area contributed by atoms with Gasteiger partial charge in [-0.25, -0.2) is 15.0 Å². The van der Waals surface area contributed by atoms with Gasteiger partial charge in [0.15, 0.2) is 11.9 Å². The van der Waals surface area contributed by atoms with Crippen molar-refractivity contribution in [3.8, 4) is 0 Å². The van der Waals surface area contributed by atoms with E-state index in [4.69, 9.17) is 9.47 Å². The maximum absolute atomic E-state index is 14.1. The lowest BCUT2D eigenvalue weighted by atomic mass is 9.88. The van der Waals surface area contributed by atoms with Crippen LogP contribution in [-0.2, 0) is 35.1 Å². The molecule has 52 heavy (non-hydrogen) atoms. The molecule has 2 aliphatic rings.